The monoisotopic (exact) mass is 353 g/mol. The zero-order chi connectivity index (χ0) is 15.5. The molecule has 0 aromatic heterocycles. The molecule has 1 aromatic carbocycles. The molecule has 2 rings (SSSR count). The van der Waals surface area contributed by atoms with Gasteiger partial charge in [-0.2, -0.15) is 13.1 Å². The second kappa shape index (κ2) is 7.23. The van der Waals surface area contributed by atoms with Gasteiger partial charge in [-0.3, -0.25) is 0 Å². The van der Waals surface area contributed by atoms with Crippen molar-refractivity contribution in [3.05, 3.63) is 33.8 Å². The third-order valence-corrected chi connectivity index (χ3v) is 5.04. The predicted molar refractivity (Wildman–Crippen MR) is 82.9 cm³/mol. The van der Waals surface area contributed by atoms with Crippen LogP contribution < -0.4 is 14.8 Å². The van der Waals surface area contributed by atoms with Gasteiger partial charge in [0, 0.05) is 20.1 Å². The summed E-state index contributed by atoms with van der Waals surface area (Å²) < 4.78 is 34.0. The molecule has 0 saturated carbocycles. The van der Waals surface area contributed by atoms with Gasteiger partial charge in [0.05, 0.1) is 22.7 Å². The summed E-state index contributed by atoms with van der Waals surface area (Å²) in [7, 11) is -2.22. The molecule has 1 aliphatic heterocycles. The number of halogens is 2. The van der Waals surface area contributed by atoms with Crippen LogP contribution in [0.3, 0.4) is 0 Å². The van der Waals surface area contributed by atoms with Crippen LogP contribution in [0.5, 0.6) is 0 Å². The van der Waals surface area contributed by atoms with Crippen LogP contribution in [0.4, 0.5) is 0 Å². The number of benzene rings is 1. The Morgan fingerprint density at radius 1 is 1.33 bits per heavy atom. The van der Waals surface area contributed by atoms with Crippen molar-refractivity contribution in [1.29, 1.82) is 0 Å². The van der Waals surface area contributed by atoms with Crippen LogP contribution >= 0.6 is 23.2 Å². The van der Waals surface area contributed by atoms with Crippen LogP contribution in [-0.2, 0) is 14.9 Å². The van der Waals surface area contributed by atoms with Crippen LogP contribution in [0, 0.1) is 0 Å². The van der Waals surface area contributed by atoms with Gasteiger partial charge in [0.25, 0.3) is 10.2 Å². The average Bonchev–Trinajstić information content (AvgIpc) is 2.67. The van der Waals surface area contributed by atoms with Crippen LogP contribution in [0.1, 0.15) is 11.7 Å². The zero-order valence-electron chi connectivity index (χ0n) is 11.4. The number of hydrogen-bond acceptors (Lipinski definition) is 4. The Morgan fingerprint density at radius 2 is 2.10 bits per heavy atom. The highest BCUT2D eigenvalue weighted by atomic mass is 35.5. The van der Waals surface area contributed by atoms with Crippen LogP contribution in [0.2, 0.25) is 10.0 Å². The van der Waals surface area contributed by atoms with Crippen LogP contribution in [-0.4, -0.2) is 41.2 Å². The largest absolute Gasteiger partial charge is 0.370 e. The number of hydrogen-bond donors (Lipinski definition) is 3. The lowest BCUT2D eigenvalue weighted by Crippen LogP contribution is -2.48. The maximum atomic E-state index is 11.7. The fourth-order valence-corrected chi connectivity index (χ4v) is 3.15. The van der Waals surface area contributed by atoms with E-state index in [-0.39, 0.29) is 0 Å². The summed E-state index contributed by atoms with van der Waals surface area (Å²) in [5.74, 6) is 0. The first-order chi connectivity index (χ1) is 9.93. The molecule has 0 unspecified atom stereocenters. The van der Waals surface area contributed by atoms with Gasteiger partial charge < -0.3 is 10.1 Å². The molecule has 0 amide bonds. The first kappa shape index (κ1) is 17.0. The Bertz CT molecular complexity index is 597. The quantitative estimate of drug-likeness (QED) is 0.756. The fourth-order valence-electron chi connectivity index (χ4n) is 2.12. The van der Waals surface area contributed by atoms with E-state index < -0.39 is 22.4 Å². The molecule has 1 heterocycles. The molecule has 0 bridgehead atoms. The Kier molecular flexibility index (Phi) is 5.84. The first-order valence-corrected chi connectivity index (χ1v) is 8.65. The van der Waals surface area contributed by atoms with E-state index in [0.717, 1.165) is 5.56 Å². The van der Waals surface area contributed by atoms with E-state index in [2.05, 4.69) is 14.8 Å². The highest BCUT2D eigenvalue weighted by Crippen LogP contribution is 2.29. The standard InChI is InChI=1S/C12H17Cl2N3O3S/c1-15-21(18,19)17-11-7-16-4-5-20-12(11)8-2-3-9(13)10(14)6-8/h2-3,6,11-12,15-17H,4-5,7H2,1H3/t11-,12+/m1/s1. The molecule has 9 heteroatoms. The van der Waals surface area contributed by atoms with E-state index in [9.17, 15) is 8.42 Å². The average molecular weight is 354 g/mol. The summed E-state index contributed by atoms with van der Waals surface area (Å²) in [6, 6.07) is 4.69. The van der Waals surface area contributed by atoms with E-state index in [1.165, 1.54) is 7.05 Å². The molecule has 21 heavy (non-hydrogen) atoms. The summed E-state index contributed by atoms with van der Waals surface area (Å²) in [6.07, 6.45) is -0.446. The number of ether oxygens (including phenoxy) is 1. The number of nitrogens with one attached hydrogen (secondary N) is 3. The van der Waals surface area contributed by atoms with Crippen molar-refractivity contribution in [1.82, 2.24) is 14.8 Å². The van der Waals surface area contributed by atoms with Gasteiger partial charge >= 0.3 is 0 Å². The van der Waals surface area contributed by atoms with E-state index in [4.69, 9.17) is 27.9 Å². The minimum atomic E-state index is -3.57. The Hall–Kier alpha value is -0.410. The summed E-state index contributed by atoms with van der Waals surface area (Å²) in [5, 5.41) is 3.98. The van der Waals surface area contributed by atoms with E-state index in [1.807, 2.05) is 0 Å². The van der Waals surface area contributed by atoms with Crippen molar-refractivity contribution in [3.63, 3.8) is 0 Å². The van der Waals surface area contributed by atoms with Gasteiger partial charge in [0.2, 0.25) is 0 Å². The molecule has 1 aliphatic rings. The van der Waals surface area contributed by atoms with Gasteiger partial charge in [-0.25, -0.2) is 4.72 Å². The lowest BCUT2D eigenvalue weighted by molar-refractivity contribution is 0.0493. The van der Waals surface area contributed by atoms with Gasteiger partial charge in [-0.15, -0.1) is 0 Å². The van der Waals surface area contributed by atoms with Crippen molar-refractivity contribution in [3.8, 4) is 0 Å². The third kappa shape index (κ3) is 4.53. The summed E-state index contributed by atoms with van der Waals surface area (Å²) in [6.45, 7) is 1.57. The van der Waals surface area contributed by atoms with Crippen LogP contribution in [0.15, 0.2) is 18.2 Å². The Morgan fingerprint density at radius 3 is 2.76 bits per heavy atom. The van der Waals surface area contributed by atoms with Gasteiger partial charge in [0.15, 0.2) is 0 Å². The molecule has 0 radical (unpaired) electrons. The summed E-state index contributed by atoms with van der Waals surface area (Å²) in [5.41, 5.74) is 0.775. The minimum Gasteiger partial charge on any atom is -0.370 e. The molecule has 6 nitrogen and oxygen atoms in total. The Balaban J connectivity index is 2.28. The van der Waals surface area contributed by atoms with Gasteiger partial charge in [0.1, 0.15) is 6.10 Å². The SMILES string of the molecule is CNS(=O)(=O)N[C@@H]1CNCCO[C@H]1c1ccc(Cl)c(Cl)c1. The zero-order valence-corrected chi connectivity index (χ0v) is 13.7. The van der Waals surface area contributed by atoms with Crippen molar-refractivity contribution < 1.29 is 13.2 Å². The third-order valence-electron chi connectivity index (χ3n) is 3.15. The van der Waals surface area contributed by atoms with Gasteiger partial charge in [-0.1, -0.05) is 29.3 Å². The molecule has 1 fully saturated rings. The van der Waals surface area contributed by atoms with E-state index in [1.54, 1.807) is 18.2 Å². The van der Waals surface area contributed by atoms with E-state index in [0.29, 0.717) is 29.7 Å². The highest BCUT2D eigenvalue weighted by Gasteiger charge is 2.29. The molecular weight excluding hydrogens is 337 g/mol. The summed E-state index contributed by atoms with van der Waals surface area (Å²) in [4.78, 5) is 0. The molecule has 0 spiro atoms. The molecular formula is C12H17Cl2N3O3S. The van der Waals surface area contributed by atoms with Crippen molar-refractivity contribution in [2.24, 2.45) is 0 Å². The van der Waals surface area contributed by atoms with Crippen molar-refractivity contribution in [2.75, 3.05) is 26.7 Å². The Labute approximate surface area is 134 Å². The molecule has 0 aliphatic carbocycles. The lowest BCUT2D eigenvalue weighted by Gasteiger charge is -2.26. The predicted octanol–water partition coefficient (Wildman–Crippen LogP) is 1.08. The normalized spacial score (nSPS) is 23.8. The smallest absolute Gasteiger partial charge is 0.277 e. The van der Waals surface area contributed by atoms with E-state index >= 15 is 0 Å². The minimum absolute atomic E-state index is 0.408. The molecule has 2 atom stereocenters. The highest BCUT2D eigenvalue weighted by molar-refractivity contribution is 7.87. The molecule has 118 valence electrons. The van der Waals surface area contributed by atoms with Crippen molar-refractivity contribution >= 4 is 33.4 Å². The second-order valence-corrected chi connectivity index (χ2v) is 7.07. The lowest BCUT2D eigenvalue weighted by atomic mass is 10.0. The maximum Gasteiger partial charge on any atom is 0.277 e. The second-order valence-electron chi connectivity index (χ2n) is 4.60. The molecule has 1 saturated heterocycles. The van der Waals surface area contributed by atoms with Gasteiger partial charge in [-0.05, 0) is 17.7 Å². The van der Waals surface area contributed by atoms with Crippen LogP contribution in [0.25, 0.3) is 0 Å². The fraction of sp³-hybridized carbons (Fsp3) is 0.500. The molecule has 3 N–H and O–H groups in total. The maximum absolute atomic E-state index is 11.7. The first-order valence-electron chi connectivity index (χ1n) is 6.41. The topological polar surface area (TPSA) is 79.5 Å². The number of rotatable bonds is 4. The molecule has 1 aromatic rings. The van der Waals surface area contributed by atoms with Crippen molar-refractivity contribution in [2.45, 2.75) is 12.1 Å². The summed E-state index contributed by atoms with van der Waals surface area (Å²) >= 11 is 11.9.